The lowest BCUT2D eigenvalue weighted by atomic mass is 9.94. The van der Waals surface area contributed by atoms with E-state index < -0.39 is 18.2 Å². The highest BCUT2D eigenvalue weighted by Gasteiger charge is 2.35. The van der Waals surface area contributed by atoms with Gasteiger partial charge < -0.3 is 14.7 Å². The van der Waals surface area contributed by atoms with E-state index in [0.29, 0.717) is 35.6 Å². The summed E-state index contributed by atoms with van der Waals surface area (Å²) in [6, 6.07) is 12.9. The van der Waals surface area contributed by atoms with Crippen LogP contribution in [0.15, 0.2) is 61.1 Å². The van der Waals surface area contributed by atoms with Crippen LogP contribution in [0, 0.1) is 0 Å². The minimum absolute atomic E-state index is 0.208. The van der Waals surface area contributed by atoms with Gasteiger partial charge in [0.1, 0.15) is 23.9 Å². The van der Waals surface area contributed by atoms with Crippen molar-refractivity contribution >= 4 is 40.7 Å². The molecule has 0 bridgehead atoms. The van der Waals surface area contributed by atoms with Gasteiger partial charge in [0.2, 0.25) is 0 Å². The van der Waals surface area contributed by atoms with Gasteiger partial charge in [-0.3, -0.25) is 9.88 Å². The summed E-state index contributed by atoms with van der Waals surface area (Å²) in [5.41, 5.74) is -0.734. The summed E-state index contributed by atoms with van der Waals surface area (Å²) in [5.74, 6) is 0.746. The average Bonchev–Trinajstić information content (AvgIpc) is 2.82. The van der Waals surface area contributed by atoms with Crippen molar-refractivity contribution in [3.63, 3.8) is 0 Å². The zero-order valence-corrected chi connectivity index (χ0v) is 18.5. The Morgan fingerprint density at radius 2 is 1.91 bits per heavy atom. The van der Waals surface area contributed by atoms with Crippen molar-refractivity contribution in [2.24, 2.45) is 0 Å². The molecule has 0 unspecified atom stereocenters. The molecule has 2 aromatic heterocycles. The number of carbonyl (C=O) groups is 1. The van der Waals surface area contributed by atoms with Gasteiger partial charge in [-0.25, -0.2) is 19.2 Å². The minimum Gasteiger partial charge on any atom is -0.480 e. The summed E-state index contributed by atoms with van der Waals surface area (Å²) in [6.07, 6.45) is 5.41. The van der Waals surface area contributed by atoms with E-state index in [1.54, 1.807) is 30.7 Å². The molecule has 3 heterocycles. The number of alkyl halides is 1. The summed E-state index contributed by atoms with van der Waals surface area (Å²) in [6.45, 7) is 0.0883. The van der Waals surface area contributed by atoms with Crippen molar-refractivity contribution in [1.29, 1.82) is 0 Å². The second-order valence-electron chi connectivity index (χ2n) is 7.76. The molecule has 4 rings (SSSR count). The molecule has 10 heteroatoms. The van der Waals surface area contributed by atoms with E-state index in [2.05, 4.69) is 9.97 Å². The Morgan fingerprint density at radius 3 is 2.58 bits per heavy atom. The highest BCUT2D eigenvalue weighted by molar-refractivity contribution is 6.30. The number of hydrogen-bond acceptors (Lipinski definition) is 7. The molecule has 8 nitrogen and oxygen atoms in total. The SMILES string of the molecule is O=C(O)COCC1(F)CCN(c2cncc(N(c3ccc(Cl)cc3)c3ccccn3)n2)CC1. The molecule has 0 spiro atoms. The van der Waals surface area contributed by atoms with Crippen molar-refractivity contribution in [2.45, 2.75) is 18.5 Å². The third-order valence-electron chi connectivity index (χ3n) is 5.37. The molecule has 0 atom stereocenters. The Kier molecular flexibility index (Phi) is 7.00. The minimum atomic E-state index is -1.56. The number of carboxylic acid groups (broad SMARTS) is 1. The summed E-state index contributed by atoms with van der Waals surface area (Å²) in [7, 11) is 0. The van der Waals surface area contributed by atoms with Crippen LogP contribution in [0.1, 0.15) is 12.8 Å². The highest BCUT2D eigenvalue weighted by atomic mass is 35.5. The second-order valence-corrected chi connectivity index (χ2v) is 8.20. The molecule has 1 saturated heterocycles. The first-order valence-electron chi connectivity index (χ1n) is 10.5. The monoisotopic (exact) mass is 471 g/mol. The maximum Gasteiger partial charge on any atom is 0.329 e. The number of carboxylic acids is 1. The second kappa shape index (κ2) is 10.1. The molecule has 1 aliphatic heterocycles. The van der Waals surface area contributed by atoms with E-state index in [1.807, 2.05) is 40.1 Å². The van der Waals surface area contributed by atoms with Gasteiger partial charge in [0.05, 0.1) is 19.0 Å². The number of piperidine rings is 1. The van der Waals surface area contributed by atoms with E-state index in [9.17, 15) is 9.18 Å². The number of aliphatic carboxylic acids is 1. The Hall–Kier alpha value is -3.30. The fourth-order valence-corrected chi connectivity index (χ4v) is 3.79. The van der Waals surface area contributed by atoms with Crippen LogP contribution in [0.2, 0.25) is 5.02 Å². The zero-order chi connectivity index (χ0) is 23.3. The van der Waals surface area contributed by atoms with Crippen LogP contribution in [0.4, 0.5) is 27.5 Å². The number of pyridine rings is 1. The molecule has 33 heavy (non-hydrogen) atoms. The first-order valence-corrected chi connectivity index (χ1v) is 10.8. The summed E-state index contributed by atoms with van der Waals surface area (Å²) in [5, 5.41) is 9.30. The van der Waals surface area contributed by atoms with E-state index in [1.165, 1.54) is 0 Å². The fraction of sp³-hybridized carbons (Fsp3) is 0.304. The maximum atomic E-state index is 15.0. The lowest BCUT2D eigenvalue weighted by Gasteiger charge is -2.36. The van der Waals surface area contributed by atoms with E-state index in [-0.39, 0.29) is 19.4 Å². The van der Waals surface area contributed by atoms with Crippen molar-refractivity contribution in [2.75, 3.05) is 36.1 Å². The van der Waals surface area contributed by atoms with Gasteiger partial charge in [-0.2, -0.15) is 0 Å². The number of hydrogen-bond donors (Lipinski definition) is 1. The number of ether oxygens (including phenoxy) is 1. The molecule has 0 aliphatic carbocycles. The van der Waals surface area contributed by atoms with Crippen LogP contribution < -0.4 is 9.80 Å². The highest BCUT2D eigenvalue weighted by Crippen LogP contribution is 2.34. The Labute approximate surface area is 195 Å². The van der Waals surface area contributed by atoms with Gasteiger partial charge >= 0.3 is 5.97 Å². The zero-order valence-electron chi connectivity index (χ0n) is 17.8. The normalized spacial score (nSPS) is 15.3. The Balaban J connectivity index is 1.54. The molecule has 1 aliphatic rings. The van der Waals surface area contributed by atoms with E-state index >= 15 is 0 Å². The van der Waals surface area contributed by atoms with Crippen LogP contribution >= 0.6 is 11.6 Å². The molecule has 0 radical (unpaired) electrons. The molecular formula is C23H23ClFN5O3. The van der Waals surface area contributed by atoms with Crippen LogP contribution in [0.3, 0.4) is 0 Å². The molecule has 1 N–H and O–H groups in total. The van der Waals surface area contributed by atoms with Gasteiger partial charge in [-0.15, -0.1) is 0 Å². The summed E-state index contributed by atoms with van der Waals surface area (Å²) in [4.78, 5) is 28.1. The lowest BCUT2D eigenvalue weighted by Crippen LogP contribution is -2.45. The van der Waals surface area contributed by atoms with Crippen LogP contribution in [-0.2, 0) is 9.53 Å². The molecule has 0 saturated carbocycles. The standard InChI is InChI=1S/C23H23ClFN5O3/c24-17-4-6-18(7-5-17)30(19-3-1-2-10-27-19)21-14-26-13-20(28-21)29-11-8-23(25,9-12-29)16-33-15-22(31)32/h1-7,10,13-14H,8-9,11-12,15-16H2,(H,31,32). The number of nitrogens with zero attached hydrogens (tertiary/aromatic N) is 5. The van der Waals surface area contributed by atoms with Gasteiger partial charge in [0, 0.05) is 42.8 Å². The molecule has 1 fully saturated rings. The Bertz CT molecular complexity index is 1080. The van der Waals surface area contributed by atoms with Gasteiger partial charge in [0.15, 0.2) is 5.82 Å². The first-order chi connectivity index (χ1) is 15.9. The van der Waals surface area contributed by atoms with Crippen molar-refractivity contribution in [3.05, 3.63) is 66.1 Å². The quantitative estimate of drug-likeness (QED) is 0.516. The van der Waals surface area contributed by atoms with Gasteiger partial charge in [0.25, 0.3) is 0 Å². The number of halogens is 2. The van der Waals surface area contributed by atoms with Crippen molar-refractivity contribution in [1.82, 2.24) is 15.0 Å². The largest absolute Gasteiger partial charge is 0.480 e. The van der Waals surface area contributed by atoms with Crippen molar-refractivity contribution < 1.29 is 19.0 Å². The Morgan fingerprint density at radius 1 is 1.15 bits per heavy atom. The first kappa shape index (κ1) is 22.9. The number of aromatic nitrogens is 3. The summed E-state index contributed by atoms with van der Waals surface area (Å²) < 4.78 is 20.0. The predicted molar refractivity (Wildman–Crippen MR) is 123 cm³/mol. The number of rotatable bonds is 8. The topological polar surface area (TPSA) is 91.7 Å². The lowest BCUT2D eigenvalue weighted by molar-refractivity contribution is -0.144. The van der Waals surface area contributed by atoms with Crippen LogP contribution in [0.5, 0.6) is 0 Å². The smallest absolute Gasteiger partial charge is 0.329 e. The third-order valence-corrected chi connectivity index (χ3v) is 5.62. The molecule has 3 aromatic rings. The van der Waals surface area contributed by atoms with Crippen LogP contribution in [0.25, 0.3) is 0 Å². The molecule has 0 amide bonds. The number of benzene rings is 1. The van der Waals surface area contributed by atoms with Crippen LogP contribution in [-0.4, -0.2) is 58.0 Å². The van der Waals surface area contributed by atoms with E-state index in [0.717, 1.165) is 5.69 Å². The number of anilines is 4. The molecule has 1 aromatic carbocycles. The van der Waals surface area contributed by atoms with Gasteiger partial charge in [-0.1, -0.05) is 17.7 Å². The maximum absolute atomic E-state index is 15.0. The summed E-state index contributed by atoms with van der Waals surface area (Å²) >= 11 is 6.07. The van der Waals surface area contributed by atoms with Crippen molar-refractivity contribution in [3.8, 4) is 0 Å². The third kappa shape index (κ3) is 5.74. The predicted octanol–water partition coefficient (Wildman–Crippen LogP) is 4.40. The fourth-order valence-electron chi connectivity index (χ4n) is 3.67. The van der Waals surface area contributed by atoms with Gasteiger partial charge in [-0.05, 0) is 36.4 Å². The molecular weight excluding hydrogens is 449 g/mol. The van der Waals surface area contributed by atoms with E-state index in [4.69, 9.17) is 26.4 Å². The molecule has 172 valence electrons. The average molecular weight is 472 g/mol.